The van der Waals surface area contributed by atoms with Crippen LogP contribution in [0.4, 0.5) is 0 Å². The third-order valence-corrected chi connectivity index (χ3v) is 1.72. The second-order valence-electron chi connectivity index (χ2n) is 2.85. The second-order valence-corrected chi connectivity index (χ2v) is 2.85. The Kier molecular flexibility index (Phi) is 4.55. The van der Waals surface area contributed by atoms with Crippen molar-refractivity contribution in [2.75, 3.05) is 0 Å². The summed E-state index contributed by atoms with van der Waals surface area (Å²) in [5, 5.41) is 17.4. The van der Waals surface area contributed by atoms with Crippen LogP contribution in [0.5, 0.6) is 0 Å². The molecular weight excluding hydrogens is 188 g/mol. The van der Waals surface area contributed by atoms with E-state index in [0.29, 0.717) is 0 Å². The lowest BCUT2D eigenvalue weighted by molar-refractivity contribution is -0.145. The number of carboxylic acids is 2. The minimum Gasteiger partial charge on any atom is -0.481 e. The fourth-order valence-electron chi connectivity index (χ4n) is 1.09. The Bertz CT molecular complexity index is 290. The van der Waals surface area contributed by atoms with E-state index in [1.165, 1.54) is 19.9 Å². The number of aliphatic carboxylic acids is 2. The molecule has 0 aromatic heterocycles. The molecule has 2 N–H and O–H groups in total. The van der Waals surface area contributed by atoms with Crippen molar-refractivity contribution in [3.63, 3.8) is 0 Å². The highest BCUT2D eigenvalue weighted by atomic mass is 16.4. The van der Waals surface area contributed by atoms with Gasteiger partial charge in [-0.3, -0.25) is 9.59 Å². The summed E-state index contributed by atoms with van der Waals surface area (Å²) in [5.74, 6) is -4.20. The summed E-state index contributed by atoms with van der Waals surface area (Å²) in [4.78, 5) is 32.0. The van der Waals surface area contributed by atoms with Gasteiger partial charge in [-0.05, 0) is 13.8 Å². The lowest BCUT2D eigenvalue weighted by Gasteiger charge is -2.10. The van der Waals surface area contributed by atoms with Crippen LogP contribution in [-0.2, 0) is 14.4 Å². The summed E-state index contributed by atoms with van der Waals surface area (Å²) in [7, 11) is 0. The smallest absolute Gasteiger partial charge is 0.332 e. The van der Waals surface area contributed by atoms with E-state index in [-0.39, 0.29) is 17.8 Å². The van der Waals surface area contributed by atoms with Gasteiger partial charge in [0.25, 0.3) is 0 Å². The quantitative estimate of drug-likeness (QED) is 0.637. The number of hydrogen-bond acceptors (Lipinski definition) is 3. The van der Waals surface area contributed by atoms with Crippen molar-refractivity contribution < 1.29 is 24.6 Å². The summed E-state index contributed by atoms with van der Waals surface area (Å²) >= 11 is 0. The number of carboxylic acid groups (broad SMARTS) is 2. The number of hydrogen-bond donors (Lipinski definition) is 2. The highest BCUT2D eigenvalue weighted by Gasteiger charge is 2.27. The average molecular weight is 200 g/mol. The first-order valence-corrected chi connectivity index (χ1v) is 4.01. The van der Waals surface area contributed by atoms with E-state index in [1.807, 2.05) is 0 Å². The number of rotatable bonds is 5. The van der Waals surface area contributed by atoms with Gasteiger partial charge in [0.05, 0.1) is 5.92 Å². The molecule has 5 nitrogen and oxygen atoms in total. The highest BCUT2D eigenvalue weighted by Crippen LogP contribution is 2.16. The summed E-state index contributed by atoms with van der Waals surface area (Å²) in [5.41, 5.74) is -0.257. The Morgan fingerprint density at radius 2 is 1.79 bits per heavy atom. The first-order valence-electron chi connectivity index (χ1n) is 4.01. The molecule has 0 saturated carbocycles. The molecule has 0 amide bonds. The van der Waals surface area contributed by atoms with Crippen molar-refractivity contribution in [3.05, 3.63) is 11.6 Å². The molecular formula is C9H12O5. The minimum atomic E-state index is -1.30. The SMILES string of the molecule is CC=C(C(=O)O)C(CC(C)=O)C(=O)O. The maximum Gasteiger partial charge on any atom is 0.332 e. The van der Waals surface area contributed by atoms with Gasteiger partial charge < -0.3 is 10.2 Å². The van der Waals surface area contributed by atoms with Crippen molar-refractivity contribution in [2.24, 2.45) is 5.92 Å². The zero-order valence-corrected chi connectivity index (χ0v) is 7.98. The molecule has 1 unspecified atom stereocenters. The Balaban J connectivity index is 4.90. The molecule has 0 spiro atoms. The summed E-state index contributed by atoms with van der Waals surface area (Å²) < 4.78 is 0. The van der Waals surface area contributed by atoms with Crippen LogP contribution in [0.1, 0.15) is 20.3 Å². The van der Waals surface area contributed by atoms with Gasteiger partial charge in [-0.25, -0.2) is 4.79 Å². The van der Waals surface area contributed by atoms with E-state index in [9.17, 15) is 14.4 Å². The van der Waals surface area contributed by atoms with E-state index < -0.39 is 17.9 Å². The number of allylic oxidation sites excluding steroid dienone is 1. The van der Waals surface area contributed by atoms with Crippen LogP contribution in [0, 0.1) is 5.92 Å². The predicted molar refractivity (Wildman–Crippen MR) is 47.8 cm³/mol. The zero-order chi connectivity index (χ0) is 11.3. The molecule has 0 aliphatic rings. The molecule has 78 valence electrons. The standard InChI is InChI=1S/C9H12O5/c1-3-6(8(11)12)7(9(13)14)4-5(2)10/h3,7H,4H2,1-2H3,(H,11,12)(H,13,14). The summed E-state index contributed by atoms with van der Waals surface area (Å²) in [6.45, 7) is 2.66. The molecule has 0 aliphatic heterocycles. The van der Waals surface area contributed by atoms with Crippen LogP contribution in [-0.4, -0.2) is 27.9 Å². The first-order chi connectivity index (χ1) is 6.40. The molecule has 1 atom stereocenters. The van der Waals surface area contributed by atoms with Crippen molar-refractivity contribution in [1.82, 2.24) is 0 Å². The van der Waals surface area contributed by atoms with E-state index in [2.05, 4.69) is 0 Å². The van der Waals surface area contributed by atoms with Gasteiger partial charge in [-0.1, -0.05) is 6.08 Å². The third-order valence-electron chi connectivity index (χ3n) is 1.72. The van der Waals surface area contributed by atoms with Gasteiger partial charge in [0.1, 0.15) is 5.78 Å². The molecule has 5 heteroatoms. The van der Waals surface area contributed by atoms with Crippen molar-refractivity contribution in [3.8, 4) is 0 Å². The zero-order valence-electron chi connectivity index (χ0n) is 7.98. The molecule has 0 aliphatic carbocycles. The highest BCUT2D eigenvalue weighted by molar-refractivity contribution is 5.96. The lowest BCUT2D eigenvalue weighted by Crippen LogP contribution is -2.23. The molecule has 0 aromatic rings. The van der Waals surface area contributed by atoms with Gasteiger partial charge in [-0.2, -0.15) is 0 Å². The monoisotopic (exact) mass is 200 g/mol. The number of Topliss-reactive ketones (excluding diaryl/α,β-unsaturated/α-hetero) is 1. The first kappa shape index (κ1) is 12.3. The van der Waals surface area contributed by atoms with Crippen molar-refractivity contribution in [1.29, 1.82) is 0 Å². The normalized spacial score (nSPS) is 13.4. The van der Waals surface area contributed by atoms with E-state index >= 15 is 0 Å². The fraction of sp³-hybridized carbons (Fsp3) is 0.444. The van der Waals surface area contributed by atoms with Gasteiger partial charge in [0.15, 0.2) is 0 Å². The van der Waals surface area contributed by atoms with E-state index in [1.54, 1.807) is 0 Å². The molecule has 0 radical (unpaired) electrons. The molecule has 0 bridgehead atoms. The van der Waals surface area contributed by atoms with Crippen LogP contribution in [0.25, 0.3) is 0 Å². The Hall–Kier alpha value is -1.65. The lowest BCUT2D eigenvalue weighted by atomic mass is 9.94. The Morgan fingerprint density at radius 1 is 1.29 bits per heavy atom. The molecule has 0 rings (SSSR count). The van der Waals surface area contributed by atoms with Gasteiger partial charge in [-0.15, -0.1) is 0 Å². The predicted octanol–water partition coefficient (Wildman–Crippen LogP) is 0.697. The molecule has 0 aromatic carbocycles. The summed E-state index contributed by atoms with van der Waals surface area (Å²) in [6.07, 6.45) is 0.908. The molecule has 0 saturated heterocycles. The topological polar surface area (TPSA) is 91.7 Å². The van der Waals surface area contributed by atoms with Crippen LogP contribution < -0.4 is 0 Å². The number of ketones is 1. The van der Waals surface area contributed by atoms with E-state index in [4.69, 9.17) is 10.2 Å². The minimum absolute atomic E-state index is 0.257. The van der Waals surface area contributed by atoms with Gasteiger partial charge >= 0.3 is 11.9 Å². The molecule has 0 heterocycles. The van der Waals surface area contributed by atoms with Gasteiger partial charge in [0, 0.05) is 12.0 Å². The van der Waals surface area contributed by atoms with Gasteiger partial charge in [0.2, 0.25) is 0 Å². The van der Waals surface area contributed by atoms with Crippen molar-refractivity contribution in [2.45, 2.75) is 20.3 Å². The summed E-state index contributed by atoms with van der Waals surface area (Å²) in [6, 6.07) is 0. The third kappa shape index (κ3) is 3.38. The van der Waals surface area contributed by atoms with Crippen molar-refractivity contribution >= 4 is 17.7 Å². The second kappa shape index (κ2) is 5.16. The Labute approximate surface area is 81.0 Å². The fourth-order valence-corrected chi connectivity index (χ4v) is 1.09. The largest absolute Gasteiger partial charge is 0.481 e. The van der Waals surface area contributed by atoms with Crippen LogP contribution >= 0.6 is 0 Å². The number of carbonyl (C=O) groups is 3. The number of carbonyl (C=O) groups excluding carboxylic acids is 1. The molecule has 14 heavy (non-hydrogen) atoms. The average Bonchev–Trinajstić information content (AvgIpc) is 2.02. The molecule has 0 fully saturated rings. The van der Waals surface area contributed by atoms with Crippen LogP contribution in [0.2, 0.25) is 0 Å². The maximum atomic E-state index is 10.7. The Morgan fingerprint density at radius 3 is 2.00 bits per heavy atom. The van der Waals surface area contributed by atoms with E-state index in [0.717, 1.165) is 0 Å². The van der Waals surface area contributed by atoms with Crippen LogP contribution in [0.3, 0.4) is 0 Å². The van der Waals surface area contributed by atoms with Crippen LogP contribution in [0.15, 0.2) is 11.6 Å². The maximum absolute atomic E-state index is 10.7.